The molecule has 0 N–H and O–H groups in total. The molecule has 0 rings (SSSR count). The molecule has 0 aliphatic heterocycles. The smallest absolute Gasteiger partial charge is 0.0462 e. The molecule has 0 bridgehead atoms. The summed E-state index contributed by atoms with van der Waals surface area (Å²) in [6.45, 7) is 7.51. The fourth-order valence-electron chi connectivity index (χ4n) is 0.673. The normalized spacial score (nSPS) is 9.00. The van der Waals surface area contributed by atoms with Crippen molar-refractivity contribution in [3.05, 3.63) is 0 Å². The quantitative estimate of drug-likeness (QED) is 0.553. The van der Waals surface area contributed by atoms with E-state index in [0.29, 0.717) is 0 Å². The Kier molecular flexibility index (Phi) is 20.7. The molecule has 76 valence electrons. The molecule has 0 atom stereocenters. The SMILES string of the molecule is CCCC.CCCCCCOC. The molecule has 0 saturated carbocycles. The number of ether oxygens (including phenoxy) is 1. The molecule has 0 saturated heterocycles. The van der Waals surface area contributed by atoms with Crippen LogP contribution in [-0.2, 0) is 4.74 Å². The van der Waals surface area contributed by atoms with E-state index in [4.69, 9.17) is 4.74 Å². The molecule has 1 nitrogen and oxygen atoms in total. The molecule has 0 unspecified atom stereocenters. The van der Waals surface area contributed by atoms with Crippen molar-refractivity contribution in [1.29, 1.82) is 0 Å². The Hall–Kier alpha value is -0.0400. The van der Waals surface area contributed by atoms with Crippen LogP contribution in [0.3, 0.4) is 0 Å². The Balaban J connectivity index is 0. The molecule has 0 aromatic heterocycles. The Morgan fingerprint density at radius 1 is 0.750 bits per heavy atom. The minimum atomic E-state index is 0.931. The van der Waals surface area contributed by atoms with E-state index < -0.39 is 0 Å². The molecule has 0 fully saturated rings. The highest BCUT2D eigenvalue weighted by Crippen LogP contribution is 1.97. The van der Waals surface area contributed by atoms with Gasteiger partial charge in [0, 0.05) is 13.7 Å². The molecule has 12 heavy (non-hydrogen) atoms. The maximum Gasteiger partial charge on any atom is 0.0462 e. The molecule has 1 heteroatoms. The lowest BCUT2D eigenvalue weighted by molar-refractivity contribution is 0.192. The van der Waals surface area contributed by atoms with Gasteiger partial charge in [0.2, 0.25) is 0 Å². The fourth-order valence-corrected chi connectivity index (χ4v) is 0.673. The first-order chi connectivity index (χ1) is 5.83. The number of hydrogen-bond acceptors (Lipinski definition) is 1. The third kappa shape index (κ3) is 22.5. The van der Waals surface area contributed by atoms with Crippen LogP contribution in [0.1, 0.15) is 59.3 Å². The van der Waals surface area contributed by atoms with Crippen LogP contribution in [-0.4, -0.2) is 13.7 Å². The highest BCUT2D eigenvalue weighted by Gasteiger charge is 1.83. The zero-order valence-electron chi connectivity index (χ0n) is 9.36. The molecule has 0 aliphatic rings. The first-order valence-corrected chi connectivity index (χ1v) is 5.32. The standard InChI is InChI=1S/C7H16O.C4H10/c1-3-4-5-6-7-8-2;1-3-4-2/h3-7H2,1-2H3;3-4H2,1-2H3. The van der Waals surface area contributed by atoms with Gasteiger partial charge in [-0.05, 0) is 6.42 Å². The Morgan fingerprint density at radius 2 is 1.33 bits per heavy atom. The van der Waals surface area contributed by atoms with E-state index in [1.54, 1.807) is 7.11 Å². The average Bonchev–Trinajstić information content (AvgIpc) is 2.13. The number of unbranched alkanes of at least 4 members (excludes halogenated alkanes) is 4. The average molecular weight is 174 g/mol. The van der Waals surface area contributed by atoms with E-state index in [2.05, 4.69) is 20.8 Å². The Bertz CT molecular complexity index is 45.0. The van der Waals surface area contributed by atoms with Crippen molar-refractivity contribution in [3.8, 4) is 0 Å². The summed E-state index contributed by atoms with van der Waals surface area (Å²) >= 11 is 0. The van der Waals surface area contributed by atoms with Gasteiger partial charge in [-0.3, -0.25) is 0 Å². The zero-order valence-corrected chi connectivity index (χ0v) is 9.36. The lowest BCUT2D eigenvalue weighted by atomic mass is 10.2. The van der Waals surface area contributed by atoms with E-state index in [1.807, 2.05) is 0 Å². The van der Waals surface area contributed by atoms with Crippen LogP contribution < -0.4 is 0 Å². The second kappa shape index (κ2) is 17.2. The van der Waals surface area contributed by atoms with Gasteiger partial charge >= 0.3 is 0 Å². The van der Waals surface area contributed by atoms with Crippen LogP contribution in [0.5, 0.6) is 0 Å². The van der Waals surface area contributed by atoms with Gasteiger partial charge in [0.05, 0.1) is 0 Å². The summed E-state index contributed by atoms with van der Waals surface area (Å²) in [6, 6.07) is 0. The minimum Gasteiger partial charge on any atom is -0.385 e. The lowest BCUT2D eigenvalue weighted by Gasteiger charge is -1.95. The van der Waals surface area contributed by atoms with Gasteiger partial charge in [0.25, 0.3) is 0 Å². The third-order valence-electron chi connectivity index (χ3n) is 1.70. The van der Waals surface area contributed by atoms with E-state index in [-0.39, 0.29) is 0 Å². The summed E-state index contributed by atoms with van der Waals surface area (Å²) in [4.78, 5) is 0. The fraction of sp³-hybridized carbons (Fsp3) is 1.00. The van der Waals surface area contributed by atoms with Crippen LogP contribution >= 0.6 is 0 Å². The van der Waals surface area contributed by atoms with Crippen molar-refractivity contribution in [2.45, 2.75) is 59.3 Å². The van der Waals surface area contributed by atoms with Gasteiger partial charge in [0.1, 0.15) is 0 Å². The molecule has 0 aromatic rings. The Labute approximate surface area is 78.5 Å². The third-order valence-corrected chi connectivity index (χ3v) is 1.70. The van der Waals surface area contributed by atoms with Crippen LogP contribution in [0.25, 0.3) is 0 Å². The van der Waals surface area contributed by atoms with Crippen molar-refractivity contribution >= 4 is 0 Å². The van der Waals surface area contributed by atoms with Crippen molar-refractivity contribution in [3.63, 3.8) is 0 Å². The molecule has 0 amide bonds. The summed E-state index contributed by atoms with van der Waals surface area (Å²) in [5, 5.41) is 0. The van der Waals surface area contributed by atoms with Crippen molar-refractivity contribution in [1.82, 2.24) is 0 Å². The largest absolute Gasteiger partial charge is 0.385 e. The molecule has 0 aliphatic carbocycles. The van der Waals surface area contributed by atoms with Crippen molar-refractivity contribution in [2.75, 3.05) is 13.7 Å². The van der Waals surface area contributed by atoms with E-state index >= 15 is 0 Å². The summed E-state index contributed by atoms with van der Waals surface area (Å²) in [5.74, 6) is 0. The molecular formula is C11H26O. The van der Waals surface area contributed by atoms with Crippen molar-refractivity contribution < 1.29 is 4.74 Å². The maximum atomic E-state index is 4.89. The van der Waals surface area contributed by atoms with Crippen LogP contribution in [0.2, 0.25) is 0 Å². The summed E-state index contributed by atoms with van der Waals surface area (Å²) in [6.07, 6.45) is 7.85. The number of rotatable bonds is 6. The molecule has 0 aromatic carbocycles. The van der Waals surface area contributed by atoms with Gasteiger partial charge in [-0.15, -0.1) is 0 Å². The summed E-state index contributed by atoms with van der Waals surface area (Å²) < 4.78 is 4.89. The maximum absolute atomic E-state index is 4.89. The first-order valence-electron chi connectivity index (χ1n) is 5.32. The van der Waals surface area contributed by atoms with E-state index in [1.165, 1.54) is 38.5 Å². The van der Waals surface area contributed by atoms with Gasteiger partial charge in [-0.25, -0.2) is 0 Å². The molecular weight excluding hydrogens is 148 g/mol. The van der Waals surface area contributed by atoms with Gasteiger partial charge < -0.3 is 4.74 Å². The second-order valence-corrected chi connectivity index (χ2v) is 3.05. The molecule has 0 spiro atoms. The highest BCUT2D eigenvalue weighted by molar-refractivity contribution is 4.37. The highest BCUT2D eigenvalue weighted by atomic mass is 16.5. The van der Waals surface area contributed by atoms with Crippen LogP contribution in [0, 0.1) is 0 Å². The zero-order chi connectivity index (χ0) is 9.66. The predicted molar refractivity (Wildman–Crippen MR) is 56.6 cm³/mol. The van der Waals surface area contributed by atoms with Gasteiger partial charge in [-0.1, -0.05) is 52.9 Å². The first kappa shape index (κ1) is 14.5. The second-order valence-electron chi connectivity index (χ2n) is 3.05. The van der Waals surface area contributed by atoms with E-state index in [0.717, 1.165) is 6.61 Å². The monoisotopic (exact) mass is 174 g/mol. The van der Waals surface area contributed by atoms with Gasteiger partial charge in [0.15, 0.2) is 0 Å². The Morgan fingerprint density at radius 3 is 1.67 bits per heavy atom. The molecule has 0 heterocycles. The van der Waals surface area contributed by atoms with E-state index in [9.17, 15) is 0 Å². The van der Waals surface area contributed by atoms with Crippen molar-refractivity contribution in [2.24, 2.45) is 0 Å². The summed E-state index contributed by atoms with van der Waals surface area (Å²) in [5.41, 5.74) is 0. The number of methoxy groups -OCH3 is 1. The topological polar surface area (TPSA) is 9.23 Å². The predicted octanol–water partition coefficient (Wildman–Crippen LogP) is 4.02. The molecule has 0 radical (unpaired) electrons. The minimum absolute atomic E-state index is 0.931. The van der Waals surface area contributed by atoms with Gasteiger partial charge in [-0.2, -0.15) is 0 Å². The summed E-state index contributed by atoms with van der Waals surface area (Å²) in [7, 11) is 1.76. The number of hydrogen-bond donors (Lipinski definition) is 0. The van der Waals surface area contributed by atoms with Crippen LogP contribution in [0.4, 0.5) is 0 Å². The van der Waals surface area contributed by atoms with Crippen LogP contribution in [0.15, 0.2) is 0 Å². The lowest BCUT2D eigenvalue weighted by Crippen LogP contribution is -1.86.